The number of nitrogens with one attached hydrogen (secondary N) is 1. The number of anilines is 2. The molecule has 1 amide bonds. The Morgan fingerprint density at radius 3 is 2.71 bits per heavy atom. The van der Waals surface area contributed by atoms with E-state index >= 15 is 0 Å². The van der Waals surface area contributed by atoms with Crippen LogP contribution in [-0.2, 0) is 4.79 Å². The lowest BCUT2D eigenvalue weighted by atomic mass is 10.2. The molecule has 6 heteroatoms. The Balaban J connectivity index is 1.81. The quantitative estimate of drug-likeness (QED) is 0.785. The first kappa shape index (κ1) is 16.4. The van der Waals surface area contributed by atoms with Gasteiger partial charge in [0.25, 0.3) is 0 Å². The molecule has 0 aromatic heterocycles. The van der Waals surface area contributed by atoms with E-state index in [-0.39, 0.29) is 5.91 Å². The first-order valence-corrected chi connectivity index (χ1v) is 7.85. The van der Waals surface area contributed by atoms with Gasteiger partial charge in [-0.1, -0.05) is 30.1 Å². The summed E-state index contributed by atoms with van der Waals surface area (Å²) in [6.45, 7) is 4.04. The van der Waals surface area contributed by atoms with Crippen LogP contribution in [0.1, 0.15) is 19.8 Å². The van der Waals surface area contributed by atoms with Gasteiger partial charge in [0.1, 0.15) is 0 Å². The van der Waals surface area contributed by atoms with Crippen LogP contribution in [0.2, 0.25) is 10.0 Å². The summed E-state index contributed by atoms with van der Waals surface area (Å²) >= 11 is 11.9. The number of nitrogens with zero attached hydrogens (tertiary/aromatic N) is 1. The number of hydrogen-bond donors (Lipinski definition) is 2. The molecule has 0 bridgehead atoms. The van der Waals surface area contributed by atoms with Gasteiger partial charge in [-0.25, -0.2) is 0 Å². The van der Waals surface area contributed by atoms with E-state index in [4.69, 9.17) is 28.9 Å². The van der Waals surface area contributed by atoms with Crippen LogP contribution in [0.15, 0.2) is 12.1 Å². The van der Waals surface area contributed by atoms with E-state index in [0.29, 0.717) is 27.8 Å². The van der Waals surface area contributed by atoms with Gasteiger partial charge >= 0.3 is 0 Å². The van der Waals surface area contributed by atoms with Crippen molar-refractivity contribution in [2.75, 3.05) is 31.2 Å². The predicted molar refractivity (Wildman–Crippen MR) is 88.9 cm³/mol. The second kappa shape index (κ2) is 6.86. The Morgan fingerprint density at radius 2 is 2.14 bits per heavy atom. The standard InChI is InChI=1S/C15H21Cl2N3O/c1-9-5-10(9)8-20(2)4-3-14(21)19-15-12(17)6-11(16)7-13(15)18/h6-7,9-10H,3-5,8,18H2,1-2H3,(H,19,21). The van der Waals surface area contributed by atoms with E-state index in [1.165, 1.54) is 6.42 Å². The van der Waals surface area contributed by atoms with Crippen molar-refractivity contribution < 1.29 is 4.79 Å². The van der Waals surface area contributed by atoms with Crippen LogP contribution in [0.3, 0.4) is 0 Å². The number of amides is 1. The van der Waals surface area contributed by atoms with Gasteiger partial charge in [-0.05, 0) is 37.4 Å². The van der Waals surface area contributed by atoms with Crippen LogP contribution >= 0.6 is 23.2 Å². The van der Waals surface area contributed by atoms with Crippen molar-refractivity contribution in [2.24, 2.45) is 11.8 Å². The molecule has 116 valence electrons. The van der Waals surface area contributed by atoms with Crippen molar-refractivity contribution in [3.63, 3.8) is 0 Å². The van der Waals surface area contributed by atoms with Gasteiger partial charge in [-0.15, -0.1) is 0 Å². The molecule has 2 unspecified atom stereocenters. The van der Waals surface area contributed by atoms with Crippen LogP contribution in [0.5, 0.6) is 0 Å². The van der Waals surface area contributed by atoms with Crippen molar-refractivity contribution in [2.45, 2.75) is 19.8 Å². The third-order valence-electron chi connectivity index (χ3n) is 3.89. The van der Waals surface area contributed by atoms with Gasteiger partial charge in [0.2, 0.25) is 5.91 Å². The summed E-state index contributed by atoms with van der Waals surface area (Å²) in [7, 11) is 2.04. The number of halogens is 2. The third-order valence-corrected chi connectivity index (χ3v) is 4.41. The van der Waals surface area contributed by atoms with Crippen LogP contribution in [0.25, 0.3) is 0 Å². The topological polar surface area (TPSA) is 58.4 Å². The Hall–Kier alpha value is -0.970. The Morgan fingerprint density at radius 1 is 1.48 bits per heavy atom. The molecule has 2 atom stereocenters. The molecule has 1 aliphatic carbocycles. The number of carbonyl (C=O) groups is 1. The van der Waals surface area contributed by atoms with E-state index in [1.807, 2.05) is 7.05 Å². The second-order valence-electron chi connectivity index (χ2n) is 5.89. The molecule has 1 aliphatic rings. The van der Waals surface area contributed by atoms with Crippen molar-refractivity contribution >= 4 is 40.5 Å². The summed E-state index contributed by atoms with van der Waals surface area (Å²) in [5, 5.41) is 3.57. The van der Waals surface area contributed by atoms with Crippen LogP contribution in [0.4, 0.5) is 11.4 Å². The summed E-state index contributed by atoms with van der Waals surface area (Å²) < 4.78 is 0. The SMILES string of the molecule is CC1CC1CN(C)CCC(=O)Nc1c(N)cc(Cl)cc1Cl. The zero-order valence-electron chi connectivity index (χ0n) is 12.3. The number of rotatable bonds is 6. The zero-order chi connectivity index (χ0) is 15.6. The van der Waals surface area contributed by atoms with Gasteiger partial charge in [0.05, 0.1) is 16.4 Å². The maximum absolute atomic E-state index is 12.0. The highest BCUT2D eigenvalue weighted by molar-refractivity contribution is 6.37. The molecular formula is C15H21Cl2N3O. The molecule has 1 aromatic carbocycles. The first-order chi connectivity index (χ1) is 9.86. The fourth-order valence-electron chi connectivity index (χ4n) is 2.36. The Labute approximate surface area is 135 Å². The van der Waals surface area contributed by atoms with Crippen LogP contribution in [-0.4, -0.2) is 30.9 Å². The number of hydrogen-bond acceptors (Lipinski definition) is 3. The maximum Gasteiger partial charge on any atom is 0.225 e. The van der Waals surface area contributed by atoms with Crippen LogP contribution < -0.4 is 11.1 Å². The molecule has 0 radical (unpaired) electrons. The normalized spacial score (nSPS) is 20.6. The van der Waals surface area contributed by atoms with E-state index in [0.717, 1.165) is 24.9 Å². The fraction of sp³-hybridized carbons (Fsp3) is 0.533. The second-order valence-corrected chi connectivity index (χ2v) is 6.73. The van der Waals surface area contributed by atoms with E-state index in [2.05, 4.69) is 17.1 Å². The molecule has 21 heavy (non-hydrogen) atoms. The summed E-state index contributed by atoms with van der Waals surface area (Å²) in [4.78, 5) is 14.2. The van der Waals surface area contributed by atoms with Crippen molar-refractivity contribution in [3.05, 3.63) is 22.2 Å². The highest BCUT2D eigenvalue weighted by atomic mass is 35.5. The van der Waals surface area contributed by atoms with Crippen molar-refractivity contribution in [1.29, 1.82) is 0 Å². The Kier molecular flexibility index (Phi) is 5.36. The molecule has 4 nitrogen and oxygen atoms in total. The molecule has 0 aliphatic heterocycles. The Bertz CT molecular complexity index is 513. The lowest BCUT2D eigenvalue weighted by Crippen LogP contribution is -2.26. The van der Waals surface area contributed by atoms with E-state index in [1.54, 1.807) is 12.1 Å². The number of nitrogen functional groups attached to an aromatic ring is 1. The van der Waals surface area contributed by atoms with Gasteiger partial charge in [0, 0.05) is 24.5 Å². The first-order valence-electron chi connectivity index (χ1n) is 7.09. The molecule has 1 fully saturated rings. The van der Waals surface area contributed by atoms with Crippen molar-refractivity contribution in [3.8, 4) is 0 Å². The molecule has 1 aromatic rings. The average Bonchev–Trinajstić information content (AvgIpc) is 3.06. The summed E-state index contributed by atoms with van der Waals surface area (Å²) in [6.07, 6.45) is 1.71. The lowest BCUT2D eigenvalue weighted by Gasteiger charge is -2.16. The van der Waals surface area contributed by atoms with Gasteiger partial charge in [-0.3, -0.25) is 4.79 Å². The van der Waals surface area contributed by atoms with Crippen LogP contribution in [0, 0.1) is 11.8 Å². The zero-order valence-corrected chi connectivity index (χ0v) is 13.8. The monoisotopic (exact) mass is 329 g/mol. The highest BCUT2D eigenvalue weighted by Crippen LogP contribution is 2.38. The number of benzene rings is 1. The van der Waals surface area contributed by atoms with Gasteiger partial charge < -0.3 is 16.0 Å². The van der Waals surface area contributed by atoms with Crippen molar-refractivity contribution in [1.82, 2.24) is 4.90 Å². The predicted octanol–water partition coefficient (Wildman–Crippen LogP) is 3.49. The third kappa shape index (κ3) is 4.77. The molecule has 3 N–H and O–H groups in total. The molecule has 0 spiro atoms. The van der Waals surface area contributed by atoms with E-state index < -0.39 is 0 Å². The molecule has 2 rings (SSSR count). The number of carbonyl (C=O) groups excluding carboxylic acids is 1. The summed E-state index contributed by atoms with van der Waals surface area (Å²) in [6, 6.07) is 3.14. The molecule has 1 saturated carbocycles. The minimum atomic E-state index is -0.0957. The smallest absolute Gasteiger partial charge is 0.225 e. The van der Waals surface area contributed by atoms with Gasteiger partial charge in [0.15, 0.2) is 0 Å². The highest BCUT2D eigenvalue weighted by Gasteiger charge is 2.32. The fourth-order valence-corrected chi connectivity index (χ4v) is 2.92. The largest absolute Gasteiger partial charge is 0.397 e. The summed E-state index contributed by atoms with van der Waals surface area (Å²) in [5.41, 5.74) is 6.63. The molecular weight excluding hydrogens is 309 g/mol. The minimum Gasteiger partial charge on any atom is -0.397 e. The lowest BCUT2D eigenvalue weighted by molar-refractivity contribution is -0.116. The minimum absolute atomic E-state index is 0.0957. The molecule has 0 saturated heterocycles. The maximum atomic E-state index is 12.0. The number of nitrogens with two attached hydrogens (primary N) is 1. The summed E-state index contributed by atoms with van der Waals surface area (Å²) in [5.74, 6) is 1.52. The average molecular weight is 330 g/mol. The van der Waals surface area contributed by atoms with E-state index in [9.17, 15) is 4.79 Å². The van der Waals surface area contributed by atoms with Gasteiger partial charge in [-0.2, -0.15) is 0 Å². The molecule has 0 heterocycles.